The highest BCUT2D eigenvalue weighted by atomic mass is 16.5. The maximum atomic E-state index is 13.0. The van der Waals surface area contributed by atoms with Gasteiger partial charge in [0.2, 0.25) is 0 Å². The number of rotatable bonds is 6. The molecule has 1 aromatic heterocycles. The van der Waals surface area contributed by atoms with Crippen molar-refractivity contribution in [2.45, 2.75) is 13.0 Å². The van der Waals surface area contributed by atoms with Crippen molar-refractivity contribution in [3.05, 3.63) is 108 Å². The molecule has 32 heavy (non-hydrogen) atoms. The predicted molar refractivity (Wildman–Crippen MR) is 125 cm³/mol. The van der Waals surface area contributed by atoms with E-state index in [0.29, 0.717) is 18.7 Å². The fourth-order valence-electron chi connectivity index (χ4n) is 4.16. The van der Waals surface area contributed by atoms with Gasteiger partial charge >= 0.3 is 0 Å². The number of carbonyl (C=O) groups excluding carboxylic acids is 1. The van der Waals surface area contributed by atoms with Gasteiger partial charge in [-0.25, -0.2) is 0 Å². The summed E-state index contributed by atoms with van der Waals surface area (Å²) in [5.41, 5.74) is 5.01. The molecule has 1 amide bonds. The van der Waals surface area contributed by atoms with Crippen LogP contribution in [0.1, 0.15) is 21.5 Å². The monoisotopic (exact) mass is 423 g/mol. The fraction of sp³-hybridized carbons (Fsp3) is 0.185. The fourth-order valence-corrected chi connectivity index (χ4v) is 4.16. The van der Waals surface area contributed by atoms with E-state index in [2.05, 4.69) is 40.7 Å². The van der Waals surface area contributed by atoms with Gasteiger partial charge in [-0.15, -0.1) is 0 Å². The second-order valence-electron chi connectivity index (χ2n) is 8.15. The quantitative estimate of drug-likeness (QED) is 0.494. The molecular formula is C27H25N3O2. The molecule has 5 nitrogen and oxygen atoms in total. The summed E-state index contributed by atoms with van der Waals surface area (Å²) < 4.78 is 7.75. The van der Waals surface area contributed by atoms with Gasteiger partial charge in [-0.1, -0.05) is 60.7 Å². The molecule has 5 rings (SSSR count). The van der Waals surface area contributed by atoms with Crippen LogP contribution in [0, 0.1) is 5.92 Å². The molecule has 1 aliphatic rings. The zero-order valence-corrected chi connectivity index (χ0v) is 17.8. The summed E-state index contributed by atoms with van der Waals surface area (Å²) in [5, 5.41) is 7.38. The number of para-hydroxylation sites is 1. The highest BCUT2D eigenvalue weighted by Crippen LogP contribution is 2.27. The first-order chi connectivity index (χ1) is 15.8. The lowest BCUT2D eigenvalue weighted by atomic mass is 9.96. The van der Waals surface area contributed by atoms with E-state index in [1.165, 1.54) is 5.56 Å². The largest absolute Gasteiger partial charge is 0.493 e. The maximum absolute atomic E-state index is 13.0. The lowest BCUT2D eigenvalue weighted by molar-refractivity contribution is 0.0939. The number of amides is 1. The molecule has 0 saturated heterocycles. The molecular weight excluding hydrogens is 398 g/mol. The molecule has 1 unspecified atom stereocenters. The van der Waals surface area contributed by atoms with Gasteiger partial charge in [0.25, 0.3) is 5.91 Å². The van der Waals surface area contributed by atoms with Crippen LogP contribution in [-0.2, 0) is 13.0 Å². The Balaban J connectivity index is 1.26. The lowest BCUT2D eigenvalue weighted by Gasteiger charge is -2.25. The van der Waals surface area contributed by atoms with E-state index in [9.17, 15) is 4.79 Å². The third kappa shape index (κ3) is 4.42. The van der Waals surface area contributed by atoms with Gasteiger partial charge in [0.1, 0.15) is 5.75 Å². The van der Waals surface area contributed by atoms with Crippen molar-refractivity contribution in [3.8, 4) is 16.9 Å². The molecule has 0 radical (unpaired) electrons. The molecule has 0 fully saturated rings. The van der Waals surface area contributed by atoms with Crippen LogP contribution in [0.3, 0.4) is 0 Å². The minimum absolute atomic E-state index is 0.0555. The van der Waals surface area contributed by atoms with Crippen molar-refractivity contribution < 1.29 is 9.53 Å². The van der Waals surface area contributed by atoms with Crippen molar-refractivity contribution >= 4 is 5.91 Å². The summed E-state index contributed by atoms with van der Waals surface area (Å²) in [6.45, 7) is 1.93. The molecule has 4 aromatic rings. The normalized spacial score (nSPS) is 14.9. The minimum Gasteiger partial charge on any atom is -0.493 e. The van der Waals surface area contributed by atoms with Gasteiger partial charge in [0.05, 0.1) is 13.2 Å². The summed E-state index contributed by atoms with van der Waals surface area (Å²) >= 11 is 0. The van der Waals surface area contributed by atoms with Crippen molar-refractivity contribution in [1.82, 2.24) is 15.1 Å². The zero-order chi connectivity index (χ0) is 21.8. The van der Waals surface area contributed by atoms with E-state index < -0.39 is 0 Å². The number of carbonyl (C=O) groups is 1. The van der Waals surface area contributed by atoms with Crippen molar-refractivity contribution in [1.29, 1.82) is 0 Å². The molecule has 1 N–H and O–H groups in total. The Hall–Kier alpha value is -3.86. The first kappa shape index (κ1) is 20.1. The third-order valence-corrected chi connectivity index (χ3v) is 5.85. The summed E-state index contributed by atoms with van der Waals surface area (Å²) in [6, 6.07) is 26.1. The number of benzene rings is 3. The number of hydrogen-bond donors (Lipinski definition) is 1. The zero-order valence-electron chi connectivity index (χ0n) is 17.8. The van der Waals surface area contributed by atoms with E-state index in [-0.39, 0.29) is 11.8 Å². The van der Waals surface area contributed by atoms with Crippen LogP contribution in [0.2, 0.25) is 0 Å². The molecule has 160 valence electrons. The summed E-state index contributed by atoms with van der Waals surface area (Å²) in [5.74, 6) is 1.17. The second-order valence-corrected chi connectivity index (χ2v) is 8.15. The van der Waals surface area contributed by atoms with Crippen LogP contribution in [0.4, 0.5) is 0 Å². The highest BCUT2D eigenvalue weighted by molar-refractivity contribution is 6.00. The Morgan fingerprint density at radius 3 is 2.66 bits per heavy atom. The number of nitrogens with zero attached hydrogens (tertiary/aromatic N) is 2. The predicted octanol–water partition coefficient (Wildman–Crippen LogP) is 4.58. The van der Waals surface area contributed by atoms with Gasteiger partial charge in [-0.05, 0) is 46.9 Å². The van der Waals surface area contributed by atoms with Crippen LogP contribution in [0.15, 0.2) is 91.3 Å². The number of hydrogen-bond acceptors (Lipinski definition) is 3. The number of nitrogens with one attached hydrogen (secondary N) is 1. The highest BCUT2D eigenvalue weighted by Gasteiger charge is 2.21. The van der Waals surface area contributed by atoms with Crippen molar-refractivity contribution in [2.24, 2.45) is 5.92 Å². The molecule has 5 heteroatoms. The van der Waals surface area contributed by atoms with Crippen molar-refractivity contribution in [3.63, 3.8) is 0 Å². The topological polar surface area (TPSA) is 56.1 Å². The molecule has 1 atom stereocenters. The minimum atomic E-state index is -0.0555. The first-order valence-electron chi connectivity index (χ1n) is 10.9. The molecule has 1 aliphatic heterocycles. The number of ether oxygens (including phenoxy) is 1. The van der Waals surface area contributed by atoms with E-state index in [1.807, 2.05) is 59.4 Å². The van der Waals surface area contributed by atoms with Crippen LogP contribution in [0.25, 0.3) is 11.1 Å². The molecule has 2 heterocycles. The standard InChI is InChI=1S/C27H25N3O2/c31-27(28-17-21-16-23-6-1-4-9-26(23)32-19-21)25-8-3-2-7-24(25)22-12-10-20(11-13-22)18-30-15-5-14-29-30/h1-15,21H,16-19H2,(H,28,31). The number of aromatic nitrogens is 2. The Labute approximate surface area is 187 Å². The van der Waals surface area contributed by atoms with E-state index in [4.69, 9.17) is 4.74 Å². The molecule has 0 bridgehead atoms. The van der Waals surface area contributed by atoms with Gasteiger partial charge in [-0.3, -0.25) is 9.48 Å². The molecule has 0 aliphatic carbocycles. The van der Waals surface area contributed by atoms with Gasteiger partial charge in [0.15, 0.2) is 0 Å². The van der Waals surface area contributed by atoms with Crippen LogP contribution in [0.5, 0.6) is 5.75 Å². The van der Waals surface area contributed by atoms with Gasteiger partial charge in [0, 0.05) is 30.4 Å². The average molecular weight is 424 g/mol. The summed E-state index contributed by atoms with van der Waals surface area (Å²) in [7, 11) is 0. The first-order valence-corrected chi connectivity index (χ1v) is 10.9. The van der Waals surface area contributed by atoms with Crippen LogP contribution >= 0.6 is 0 Å². The average Bonchev–Trinajstić information content (AvgIpc) is 3.36. The van der Waals surface area contributed by atoms with E-state index >= 15 is 0 Å². The van der Waals surface area contributed by atoms with Gasteiger partial charge < -0.3 is 10.1 Å². The Bertz CT molecular complexity index is 1200. The molecule has 0 saturated carbocycles. The third-order valence-electron chi connectivity index (χ3n) is 5.85. The summed E-state index contributed by atoms with van der Waals surface area (Å²) in [6.07, 6.45) is 4.64. The SMILES string of the molecule is O=C(NCC1COc2ccccc2C1)c1ccccc1-c1ccc(Cn2cccn2)cc1. The van der Waals surface area contributed by atoms with E-state index in [1.54, 1.807) is 6.20 Å². The maximum Gasteiger partial charge on any atom is 0.251 e. The van der Waals surface area contributed by atoms with Crippen molar-refractivity contribution in [2.75, 3.05) is 13.2 Å². The van der Waals surface area contributed by atoms with Crippen LogP contribution < -0.4 is 10.1 Å². The lowest BCUT2D eigenvalue weighted by Crippen LogP contribution is -2.35. The Kier molecular flexibility index (Phi) is 5.71. The Morgan fingerprint density at radius 2 is 1.81 bits per heavy atom. The molecule has 3 aromatic carbocycles. The van der Waals surface area contributed by atoms with E-state index in [0.717, 1.165) is 35.4 Å². The second kappa shape index (κ2) is 9.10. The summed E-state index contributed by atoms with van der Waals surface area (Å²) in [4.78, 5) is 13.0. The van der Waals surface area contributed by atoms with Crippen LogP contribution in [-0.4, -0.2) is 28.8 Å². The smallest absolute Gasteiger partial charge is 0.251 e. The molecule has 0 spiro atoms. The Morgan fingerprint density at radius 1 is 1.00 bits per heavy atom. The number of fused-ring (bicyclic) bond motifs is 1. The van der Waals surface area contributed by atoms with Gasteiger partial charge in [-0.2, -0.15) is 5.10 Å².